The molecule has 0 bridgehead atoms. The standard InChI is InChI=1S/C21H26FN5O2/c1-12(2)7-19(29)27-10-14-15(11-27)20(14)26(4)21-24-17(8-18(28)25(21)3)13-5-6-23-9-16(13)22/h5-6,8-9,12,14-15,20H,7,10-11H2,1-4H3/t14-,15+,20?. The van der Waals surface area contributed by atoms with Gasteiger partial charge >= 0.3 is 0 Å². The lowest BCUT2D eigenvalue weighted by atomic mass is 10.1. The number of likely N-dealkylation sites (tertiary alicyclic amines) is 1. The summed E-state index contributed by atoms with van der Waals surface area (Å²) in [5.74, 6) is 1.33. The second-order valence-electron chi connectivity index (χ2n) is 8.52. The Hall–Kier alpha value is -2.77. The number of aromatic nitrogens is 3. The number of piperidine rings is 1. The zero-order valence-corrected chi connectivity index (χ0v) is 17.2. The number of rotatable bonds is 5. The number of hydrogen-bond donors (Lipinski definition) is 0. The van der Waals surface area contributed by atoms with Gasteiger partial charge in [-0.15, -0.1) is 0 Å². The number of anilines is 1. The maximum absolute atomic E-state index is 14.1. The van der Waals surface area contributed by atoms with Crippen LogP contribution in [0.25, 0.3) is 11.3 Å². The van der Waals surface area contributed by atoms with Crippen LogP contribution in [0.3, 0.4) is 0 Å². The van der Waals surface area contributed by atoms with Crippen LogP contribution in [0.2, 0.25) is 0 Å². The smallest absolute Gasteiger partial charge is 0.255 e. The van der Waals surface area contributed by atoms with Gasteiger partial charge in [0.05, 0.1) is 11.9 Å². The lowest BCUT2D eigenvalue weighted by molar-refractivity contribution is -0.131. The van der Waals surface area contributed by atoms with Crippen molar-refractivity contribution < 1.29 is 9.18 Å². The van der Waals surface area contributed by atoms with Gasteiger partial charge in [-0.2, -0.15) is 0 Å². The topological polar surface area (TPSA) is 71.3 Å². The normalized spacial score (nSPS) is 22.7. The van der Waals surface area contributed by atoms with Gasteiger partial charge in [-0.1, -0.05) is 13.8 Å². The van der Waals surface area contributed by atoms with Gasteiger partial charge in [0.25, 0.3) is 5.56 Å². The van der Waals surface area contributed by atoms with Crippen molar-refractivity contribution in [2.45, 2.75) is 26.3 Å². The maximum Gasteiger partial charge on any atom is 0.255 e. The Labute approximate surface area is 169 Å². The molecule has 0 spiro atoms. The van der Waals surface area contributed by atoms with Crippen molar-refractivity contribution in [3.63, 3.8) is 0 Å². The third-order valence-electron chi connectivity index (χ3n) is 6.01. The first-order chi connectivity index (χ1) is 13.8. The molecule has 3 atom stereocenters. The molecule has 2 aromatic rings. The highest BCUT2D eigenvalue weighted by Crippen LogP contribution is 2.49. The first kappa shape index (κ1) is 19.5. The summed E-state index contributed by atoms with van der Waals surface area (Å²) in [6.45, 7) is 5.60. The highest BCUT2D eigenvalue weighted by molar-refractivity contribution is 5.77. The van der Waals surface area contributed by atoms with E-state index < -0.39 is 5.82 Å². The number of pyridine rings is 1. The fourth-order valence-electron chi connectivity index (χ4n) is 4.45. The Morgan fingerprint density at radius 2 is 2.03 bits per heavy atom. The molecule has 2 fully saturated rings. The van der Waals surface area contributed by atoms with Crippen LogP contribution in [0.15, 0.2) is 29.3 Å². The zero-order valence-electron chi connectivity index (χ0n) is 17.2. The molecule has 29 heavy (non-hydrogen) atoms. The van der Waals surface area contributed by atoms with Crippen molar-refractivity contribution in [2.75, 3.05) is 25.0 Å². The minimum Gasteiger partial charge on any atom is -0.342 e. The first-order valence-electron chi connectivity index (χ1n) is 9.96. The predicted octanol–water partition coefficient (Wildman–Crippen LogP) is 1.92. The van der Waals surface area contributed by atoms with Crippen molar-refractivity contribution in [3.05, 3.63) is 40.7 Å². The van der Waals surface area contributed by atoms with E-state index in [-0.39, 0.29) is 23.1 Å². The number of halogens is 1. The molecule has 1 unspecified atom stereocenters. The highest BCUT2D eigenvalue weighted by atomic mass is 19.1. The second-order valence-corrected chi connectivity index (χ2v) is 8.52. The van der Waals surface area contributed by atoms with Gasteiger partial charge in [0.2, 0.25) is 11.9 Å². The largest absolute Gasteiger partial charge is 0.342 e. The summed E-state index contributed by atoms with van der Waals surface area (Å²) in [4.78, 5) is 37.1. The minimum atomic E-state index is -0.510. The number of hydrogen-bond acceptors (Lipinski definition) is 5. The Morgan fingerprint density at radius 1 is 1.34 bits per heavy atom. The number of amides is 1. The van der Waals surface area contributed by atoms with E-state index in [1.807, 2.05) is 16.8 Å². The molecule has 0 radical (unpaired) electrons. The Kier molecular flexibility index (Phi) is 4.88. The second kappa shape index (κ2) is 7.24. The van der Waals surface area contributed by atoms with Crippen LogP contribution in [0.1, 0.15) is 20.3 Å². The van der Waals surface area contributed by atoms with E-state index in [2.05, 4.69) is 23.8 Å². The quantitative estimate of drug-likeness (QED) is 0.768. The van der Waals surface area contributed by atoms with E-state index >= 15 is 0 Å². The van der Waals surface area contributed by atoms with Crippen LogP contribution < -0.4 is 10.5 Å². The van der Waals surface area contributed by atoms with Gasteiger partial charge in [-0.05, 0) is 12.0 Å². The molecule has 8 heteroatoms. The summed E-state index contributed by atoms with van der Waals surface area (Å²) in [6, 6.07) is 3.09. The fourth-order valence-corrected chi connectivity index (χ4v) is 4.45. The van der Waals surface area contributed by atoms with Gasteiger partial charge in [0, 0.05) is 69.3 Å². The van der Waals surface area contributed by atoms with Gasteiger partial charge in [-0.25, -0.2) is 9.37 Å². The number of nitrogens with zero attached hydrogens (tertiary/aromatic N) is 5. The monoisotopic (exact) mass is 399 g/mol. The summed E-state index contributed by atoms with van der Waals surface area (Å²) < 4.78 is 15.6. The van der Waals surface area contributed by atoms with Crippen molar-refractivity contribution in [3.8, 4) is 11.3 Å². The van der Waals surface area contributed by atoms with Crippen LogP contribution in [0.5, 0.6) is 0 Å². The summed E-state index contributed by atoms with van der Waals surface area (Å²) in [6.07, 6.45) is 3.18. The molecule has 1 saturated carbocycles. The number of fused-ring (bicyclic) bond motifs is 1. The van der Waals surface area contributed by atoms with Crippen LogP contribution in [-0.4, -0.2) is 51.5 Å². The third kappa shape index (κ3) is 3.52. The first-order valence-corrected chi connectivity index (χ1v) is 9.96. The molecule has 3 heterocycles. The third-order valence-corrected chi connectivity index (χ3v) is 6.01. The SMILES string of the molecule is CC(C)CC(=O)N1C[C@@H]2C(N(C)c3nc(-c4ccncc4F)cc(=O)n3C)[C@@H]2C1. The zero-order chi connectivity index (χ0) is 20.9. The maximum atomic E-state index is 14.1. The molecule has 1 aliphatic heterocycles. The molecule has 2 aromatic heterocycles. The van der Waals surface area contributed by atoms with Crippen LogP contribution in [-0.2, 0) is 11.8 Å². The summed E-state index contributed by atoms with van der Waals surface area (Å²) >= 11 is 0. The van der Waals surface area contributed by atoms with Crippen LogP contribution in [0, 0.1) is 23.6 Å². The molecule has 154 valence electrons. The van der Waals surface area contributed by atoms with Crippen molar-refractivity contribution in [1.82, 2.24) is 19.4 Å². The van der Waals surface area contributed by atoms with E-state index in [1.165, 1.54) is 22.9 Å². The Bertz CT molecular complexity index is 993. The van der Waals surface area contributed by atoms with Crippen molar-refractivity contribution >= 4 is 11.9 Å². The molecule has 7 nitrogen and oxygen atoms in total. The molecule has 0 aromatic carbocycles. The van der Waals surface area contributed by atoms with Crippen molar-refractivity contribution in [2.24, 2.45) is 24.8 Å². The molecule has 1 saturated heterocycles. The van der Waals surface area contributed by atoms with E-state index in [1.54, 1.807) is 7.05 Å². The molecule has 4 rings (SSSR count). The molecular formula is C21H26FN5O2. The van der Waals surface area contributed by atoms with Crippen LogP contribution in [0.4, 0.5) is 10.3 Å². The fraction of sp³-hybridized carbons (Fsp3) is 0.524. The lowest BCUT2D eigenvalue weighted by Gasteiger charge is -2.26. The Morgan fingerprint density at radius 3 is 2.66 bits per heavy atom. The summed E-state index contributed by atoms with van der Waals surface area (Å²) in [5, 5.41) is 0. The summed E-state index contributed by atoms with van der Waals surface area (Å²) in [7, 11) is 3.59. The predicted molar refractivity (Wildman–Crippen MR) is 108 cm³/mol. The minimum absolute atomic E-state index is 0.217. The van der Waals surface area contributed by atoms with Crippen molar-refractivity contribution in [1.29, 1.82) is 0 Å². The molecule has 1 aliphatic carbocycles. The highest BCUT2D eigenvalue weighted by Gasteiger charge is 2.59. The van der Waals surface area contributed by atoms with Gasteiger partial charge in [-0.3, -0.25) is 19.1 Å². The average molecular weight is 399 g/mol. The molecule has 1 amide bonds. The van der Waals surface area contributed by atoms with E-state index in [0.29, 0.717) is 35.8 Å². The molecular weight excluding hydrogens is 373 g/mol. The lowest BCUT2D eigenvalue weighted by Crippen LogP contribution is -2.38. The average Bonchev–Trinajstić information content (AvgIpc) is 3.16. The van der Waals surface area contributed by atoms with Gasteiger partial charge in [0.15, 0.2) is 5.82 Å². The van der Waals surface area contributed by atoms with Crippen LogP contribution >= 0.6 is 0 Å². The molecule has 2 aliphatic rings. The van der Waals surface area contributed by atoms with E-state index in [9.17, 15) is 14.0 Å². The van der Waals surface area contributed by atoms with E-state index in [4.69, 9.17) is 0 Å². The Balaban J connectivity index is 1.54. The molecule has 0 N–H and O–H groups in total. The summed E-state index contributed by atoms with van der Waals surface area (Å²) in [5.41, 5.74) is 0.316. The number of carbonyl (C=O) groups is 1. The van der Waals surface area contributed by atoms with Gasteiger partial charge < -0.3 is 9.80 Å². The van der Waals surface area contributed by atoms with Gasteiger partial charge in [0.1, 0.15) is 0 Å². The number of carbonyl (C=O) groups excluding carboxylic acids is 1. The van der Waals surface area contributed by atoms with E-state index in [0.717, 1.165) is 19.3 Å².